The van der Waals surface area contributed by atoms with Gasteiger partial charge in [-0.25, -0.2) is 26.8 Å². The molecule has 2 aliphatic rings. The quantitative estimate of drug-likeness (QED) is 0.0641. The number of nitrogens with zero attached hydrogens (tertiary/aromatic N) is 5. The fraction of sp³-hybridized carbons (Fsp3) is 0.302. The molecule has 76 heavy (non-hydrogen) atoms. The van der Waals surface area contributed by atoms with Gasteiger partial charge in [0.2, 0.25) is 0 Å². The molecule has 1 amide bonds. The van der Waals surface area contributed by atoms with Gasteiger partial charge in [0.1, 0.15) is 10.8 Å². The van der Waals surface area contributed by atoms with Gasteiger partial charge < -0.3 is 34.3 Å². The molecular weight excluding hydrogens is 1100 g/mol. The maximum atomic E-state index is 13.1. The van der Waals surface area contributed by atoms with Gasteiger partial charge in [0.15, 0.2) is 16.4 Å². The van der Waals surface area contributed by atoms with Gasteiger partial charge in [-0.15, -0.1) is 22.7 Å². The third-order valence-electron chi connectivity index (χ3n) is 13.0. The van der Waals surface area contributed by atoms with Gasteiger partial charge in [-0.2, -0.15) is 0 Å². The number of carbonyl (C=O) groups is 1. The maximum Gasteiger partial charge on any atom is 0.263 e. The van der Waals surface area contributed by atoms with Crippen molar-refractivity contribution in [2.24, 2.45) is 0 Å². The molecule has 2 aliphatic heterocycles. The number of anilines is 4. The van der Waals surface area contributed by atoms with Crippen molar-refractivity contribution in [1.82, 2.24) is 20.2 Å². The van der Waals surface area contributed by atoms with E-state index in [-0.39, 0.29) is 38.4 Å². The van der Waals surface area contributed by atoms with Crippen LogP contribution < -0.4 is 39.7 Å². The highest BCUT2D eigenvalue weighted by molar-refractivity contribution is 7.93. The van der Waals surface area contributed by atoms with Gasteiger partial charge in [-0.05, 0) is 83.0 Å². The molecule has 4 N–H and O–H groups in total. The molecule has 0 radical (unpaired) electrons. The average molecular weight is 1160 g/mol. The zero-order chi connectivity index (χ0) is 54.1. The number of rotatable bonds is 17. The van der Waals surface area contributed by atoms with Crippen LogP contribution in [0.4, 0.5) is 21.6 Å². The summed E-state index contributed by atoms with van der Waals surface area (Å²) in [6.07, 6.45) is 2.26. The number of aliphatic hydroxyl groups excluding tert-OH is 1. The van der Waals surface area contributed by atoms with E-state index in [1.807, 2.05) is 17.0 Å². The lowest BCUT2D eigenvalue weighted by Gasteiger charge is -2.44. The van der Waals surface area contributed by atoms with Crippen LogP contribution in [0.2, 0.25) is 15.1 Å². The normalized spacial score (nSPS) is 16.8. The Labute approximate surface area is 463 Å². The van der Waals surface area contributed by atoms with Crippen LogP contribution in [0, 0.1) is 0 Å². The Hall–Kier alpha value is -5.59. The number of nitrogens with one attached hydrogen (secondary N) is 3. The number of aromatic nitrogens is 2. The van der Waals surface area contributed by atoms with Crippen LogP contribution in [0.3, 0.4) is 0 Å². The van der Waals surface area contributed by atoms with Gasteiger partial charge in [0, 0.05) is 79.8 Å². The topological polar surface area (TPSA) is 196 Å². The maximum absolute atomic E-state index is 13.1. The van der Waals surface area contributed by atoms with Crippen LogP contribution >= 0.6 is 45.9 Å². The van der Waals surface area contributed by atoms with Gasteiger partial charge >= 0.3 is 0 Å². The van der Waals surface area contributed by atoms with Crippen LogP contribution in [0.5, 0.6) is 5.75 Å². The standard InChI is InChI=1S/C30H36N4O3S2Si.C23H24Cl2N4O5S2/c1-30(2,3)40(27-10-6-4-7-11-27,28-12-8-5-9-13-28)37-23-24-22-34(20-18-31-24)25-14-16-26(17-15-25)39(35,36)33-29-32-19-21-38-29;1-15(34-20-4-2-3-19(24)21(20)25)22(31)29-11-10-28(13-17(29)14-30)16-5-7-18(8-6-16)36(32,33)27-23-26-9-12-35-23/h4-17,19,21,24,31H,18,20,22-23H2,1-3H3,(H,32,33);2-9,12,15,17,30H,10-11,13-14H2,1H3,(H,26,27)/t24-;15-,17+/m10/s1. The number of hydrogen-bond acceptors (Lipinski definition) is 15. The highest BCUT2D eigenvalue weighted by atomic mass is 35.5. The number of carbonyl (C=O) groups excluding carboxylic acids is 1. The molecule has 16 nitrogen and oxygen atoms in total. The number of ether oxygens (including phenoxy) is 1. The summed E-state index contributed by atoms with van der Waals surface area (Å²) in [5.74, 6) is 0.0306. The number of aliphatic hydroxyl groups is 1. The number of benzene rings is 5. The molecule has 5 aromatic carbocycles. The SMILES string of the molecule is CC(C)(C)[Si](OC[C@H]1CN(c2ccc(S(=O)(=O)Nc3nccs3)cc2)CCN1)(c1ccccc1)c1ccccc1.C[C@H](Oc1cccc(Cl)c1Cl)C(=O)N1CCN(c2ccc(S(=O)(=O)Nc3nccs3)cc2)C[C@@H]1CO. The molecular formula is C53H60Cl2N8O8S4Si. The molecule has 4 heterocycles. The van der Waals surface area contributed by atoms with E-state index in [1.165, 1.54) is 51.4 Å². The number of piperazine rings is 2. The molecule has 0 bridgehead atoms. The minimum Gasteiger partial charge on any atom is -0.479 e. The lowest BCUT2D eigenvalue weighted by Crippen LogP contribution is -2.68. The second-order valence-corrected chi connectivity index (χ2v) is 29.3. The third-order valence-corrected chi connectivity index (χ3v) is 23.2. The summed E-state index contributed by atoms with van der Waals surface area (Å²) in [4.78, 5) is 27.3. The fourth-order valence-electron chi connectivity index (χ4n) is 9.31. The van der Waals surface area contributed by atoms with Crippen molar-refractivity contribution in [3.63, 3.8) is 0 Å². The van der Waals surface area contributed by atoms with Crippen molar-refractivity contribution in [3.05, 3.63) is 161 Å². The Morgan fingerprint density at radius 2 is 1.28 bits per heavy atom. The molecule has 0 saturated carbocycles. The predicted molar refractivity (Wildman–Crippen MR) is 308 cm³/mol. The summed E-state index contributed by atoms with van der Waals surface area (Å²) < 4.78 is 68.6. The molecule has 2 aromatic heterocycles. The third kappa shape index (κ3) is 13.4. The monoisotopic (exact) mass is 1160 g/mol. The first kappa shape index (κ1) is 56.6. The highest BCUT2D eigenvalue weighted by Gasteiger charge is 2.50. The molecule has 2 saturated heterocycles. The van der Waals surface area contributed by atoms with Crippen molar-refractivity contribution in [2.45, 2.75) is 60.7 Å². The Bertz CT molecular complexity index is 3180. The van der Waals surface area contributed by atoms with Crippen molar-refractivity contribution < 1.29 is 35.9 Å². The molecule has 7 aromatic rings. The van der Waals surface area contributed by atoms with Crippen LogP contribution in [0.25, 0.3) is 0 Å². The van der Waals surface area contributed by atoms with Crippen LogP contribution in [-0.2, 0) is 29.3 Å². The first-order chi connectivity index (χ1) is 36.4. The Morgan fingerprint density at radius 3 is 1.76 bits per heavy atom. The summed E-state index contributed by atoms with van der Waals surface area (Å²) in [7, 11) is -10.1. The zero-order valence-corrected chi connectivity index (χ0v) is 48.0. The number of halogens is 2. The van der Waals surface area contributed by atoms with Crippen LogP contribution in [-0.4, -0.2) is 122 Å². The average Bonchev–Trinajstić information content (AvgIpc) is 4.17. The predicted octanol–water partition coefficient (Wildman–Crippen LogP) is 8.03. The summed E-state index contributed by atoms with van der Waals surface area (Å²) in [5, 5.41) is 20.7. The van der Waals surface area contributed by atoms with E-state index in [0.29, 0.717) is 47.3 Å². The fourth-order valence-corrected chi connectivity index (χ4v) is 17.8. The first-order valence-electron chi connectivity index (χ1n) is 24.4. The minimum atomic E-state index is -3.75. The van der Waals surface area contributed by atoms with Crippen molar-refractivity contribution >= 4 is 112 Å². The summed E-state index contributed by atoms with van der Waals surface area (Å²) in [6.45, 7) is 12.5. The molecule has 0 spiro atoms. The zero-order valence-electron chi connectivity index (χ0n) is 42.3. The number of sulfonamides is 2. The summed E-state index contributed by atoms with van der Waals surface area (Å²) in [5.41, 5.74) is 1.77. The Balaban J connectivity index is 0.000000203. The Morgan fingerprint density at radius 1 is 0.750 bits per heavy atom. The van der Waals surface area contributed by atoms with Crippen LogP contribution in [0.15, 0.2) is 160 Å². The molecule has 9 rings (SSSR count). The summed E-state index contributed by atoms with van der Waals surface area (Å²) >= 11 is 14.6. The first-order valence-corrected chi connectivity index (χ1v) is 31.8. The Kier molecular flexibility index (Phi) is 18.5. The molecule has 402 valence electrons. The molecule has 0 aliphatic carbocycles. The van der Waals surface area contributed by atoms with E-state index >= 15 is 0 Å². The summed E-state index contributed by atoms with van der Waals surface area (Å²) in [6, 6.07) is 39.5. The van der Waals surface area contributed by atoms with Crippen molar-refractivity contribution in [1.29, 1.82) is 0 Å². The second-order valence-electron chi connectivity index (χ2n) is 19.1. The van der Waals surface area contributed by atoms with Gasteiger partial charge in [0.25, 0.3) is 34.3 Å². The van der Waals surface area contributed by atoms with Crippen molar-refractivity contribution in [2.75, 3.05) is 71.7 Å². The molecule has 0 unspecified atom stereocenters. The van der Waals surface area contributed by atoms with E-state index in [4.69, 9.17) is 32.4 Å². The highest BCUT2D eigenvalue weighted by Crippen LogP contribution is 2.37. The van der Waals surface area contributed by atoms with Gasteiger partial charge in [0.05, 0.1) is 34.1 Å². The molecule has 23 heteroatoms. The number of amides is 1. The number of hydrogen-bond donors (Lipinski definition) is 4. The lowest BCUT2D eigenvalue weighted by molar-refractivity contribution is -0.141. The van der Waals surface area contributed by atoms with E-state index in [1.54, 1.807) is 71.2 Å². The van der Waals surface area contributed by atoms with Gasteiger partial charge in [-0.1, -0.05) is 111 Å². The second kappa shape index (κ2) is 24.8. The number of thiazole rings is 2. The minimum absolute atomic E-state index is 0.0853. The van der Waals surface area contributed by atoms with E-state index in [2.05, 4.69) is 111 Å². The van der Waals surface area contributed by atoms with Crippen LogP contribution in [0.1, 0.15) is 27.7 Å². The van der Waals surface area contributed by atoms with E-state index in [9.17, 15) is 26.7 Å². The van der Waals surface area contributed by atoms with E-state index in [0.717, 1.165) is 31.0 Å². The largest absolute Gasteiger partial charge is 0.479 e. The lowest BCUT2D eigenvalue weighted by atomic mass is 10.1. The van der Waals surface area contributed by atoms with E-state index < -0.39 is 40.5 Å². The molecule has 2 fully saturated rings. The molecule has 3 atom stereocenters. The van der Waals surface area contributed by atoms with Gasteiger partial charge in [-0.3, -0.25) is 14.2 Å². The smallest absolute Gasteiger partial charge is 0.263 e. The van der Waals surface area contributed by atoms with Crippen molar-refractivity contribution in [3.8, 4) is 5.75 Å².